The average Bonchev–Trinajstić information content (AvgIpc) is 2.33. The van der Waals surface area contributed by atoms with E-state index in [1.807, 2.05) is 14.0 Å². The van der Waals surface area contributed by atoms with Crippen molar-refractivity contribution in [2.24, 2.45) is 0 Å². The summed E-state index contributed by atoms with van der Waals surface area (Å²) >= 11 is 0. The zero-order valence-electron chi connectivity index (χ0n) is 11.2. The molecule has 0 radical (unpaired) electrons. The van der Waals surface area contributed by atoms with Gasteiger partial charge in [0.1, 0.15) is 0 Å². The molecule has 2 N–H and O–H groups in total. The van der Waals surface area contributed by atoms with E-state index in [-0.39, 0.29) is 11.8 Å². The summed E-state index contributed by atoms with van der Waals surface area (Å²) in [6.07, 6.45) is 2.45. The number of amides is 2. The van der Waals surface area contributed by atoms with Crippen molar-refractivity contribution in [1.29, 1.82) is 0 Å². The molecule has 0 aliphatic heterocycles. The van der Waals surface area contributed by atoms with Crippen LogP contribution in [0.1, 0.15) is 32.6 Å². The third kappa shape index (κ3) is 8.68. The van der Waals surface area contributed by atoms with E-state index < -0.39 is 0 Å². The van der Waals surface area contributed by atoms with Gasteiger partial charge in [-0.1, -0.05) is 6.92 Å². The molecule has 0 atom stereocenters. The van der Waals surface area contributed by atoms with Gasteiger partial charge in [-0.2, -0.15) is 0 Å². The van der Waals surface area contributed by atoms with Crippen molar-refractivity contribution >= 4 is 11.8 Å². The van der Waals surface area contributed by atoms with E-state index in [9.17, 15) is 9.59 Å². The Kier molecular flexibility index (Phi) is 9.43. The molecule has 0 aliphatic carbocycles. The maximum Gasteiger partial charge on any atom is 0.222 e. The fourth-order valence-electron chi connectivity index (χ4n) is 1.35. The zero-order chi connectivity index (χ0) is 13.1. The summed E-state index contributed by atoms with van der Waals surface area (Å²) in [5.74, 6) is 0.140. The zero-order valence-corrected chi connectivity index (χ0v) is 11.2. The molecule has 0 heterocycles. The number of rotatable bonds is 9. The van der Waals surface area contributed by atoms with Gasteiger partial charge in [0.05, 0.1) is 0 Å². The third-order valence-corrected chi connectivity index (χ3v) is 2.49. The Bertz CT molecular complexity index is 232. The Labute approximate surface area is 104 Å². The minimum Gasteiger partial charge on any atom is -0.356 e. The molecule has 0 bridgehead atoms. The van der Waals surface area contributed by atoms with E-state index in [0.717, 1.165) is 19.5 Å². The second-order valence-electron chi connectivity index (χ2n) is 4.12. The molecule has 0 fully saturated rings. The summed E-state index contributed by atoms with van der Waals surface area (Å²) in [5.41, 5.74) is 0. The van der Waals surface area contributed by atoms with E-state index in [2.05, 4.69) is 10.6 Å². The lowest BCUT2D eigenvalue weighted by Gasteiger charge is -2.16. The van der Waals surface area contributed by atoms with Crippen molar-refractivity contribution in [3.8, 4) is 0 Å². The largest absolute Gasteiger partial charge is 0.356 e. The molecule has 0 saturated heterocycles. The van der Waals surface area contributed by atoms with Gasteiger partial charge in [0.15, 0.2) is 0 Å². The molecule has 0 aromatic heterocycles. The molecule has 0 aromatic rings. The Morgan fingerprint density at radius 2 is 1.88 bits per heavy atom. The van der Waals surface area contributed by atoms with Gasteiger partial charge in [-0.25, -0.2) is 0 Å². The second-order valence-corrected chi connectivity index (χ2v) is 4.12. The number of carbonyl (C=O) groups excluding carboxylic acids is 2. The van der Waals surface area contributed by atoms with Crippen LogP contribution in [0.15, 0.2) is 0 Å². The predicted octanol–water partition coefficient (Wildman–Crippen LogP) is 0.361. The first-order valence-corrected chi connectivity index (χ1v) is 6.27. The highest BCUT2D eigenvalue weighted by atomic mass is 16.2. The van der Waals surface area contributed by atoms with Gasteiger partial charge in [0.25, 0.3) is 0 Å². The number of hydrogen-bond donors (Lipinski definition) is 2. The molecule has 0 unspecified atom stereocenters. The maximum absolute atomic E-state index is 11.6. The van der Waals surface area contributed by atoms with Crippen molar-refractivity contribution in [3.63, 3.8) is 0 Å². The quantitative estimate of drug-likeness (QED) is 0.615. The van der Waals surface area contributed by atoms with Gasteiger partial charge in [0.2, 0.25) is 11.8 Å². The van der Waals surface area contributed by atoms with Crippen molar-refractivity contribution in [3.05, 3.63) is 0 Å². The molecule has 5 nitrogen and oxygen atoms in total. The highest BCUT2D eigenvalue weighted by Gasteiger charge is 2.08. The van der Waals surface area contributed by atoms with Gasteiger partial charge in [0, 0.05) is 39.5 Å². The minimum atomic E-state index is 0.0394. The van der Waals surface area contributed by atoms with Crippen LogP contribution in [0.3, 0.4) is 0 Å². The van der Waals surface area contributed by atoms with E-state index in [1.165, 1.54) is 0 Å². The Balaban J connectivity index is 3.59. The summed E-state index contributed by atoms with van der Waals surface area (Å²) in [6, 6.07) is 0. The standard InChI is InChI=1S/C12H25N3O2/c1-4-8-14-11(16)6-5-7-12(17)15(3)10-9-13-2/h13H,4-10H2,1-3H3,(H,14,16). The van der Waals surface area contributed by atoms with Crippen LogP contribution in [-0.2, 0) is 9.59 Å². The summed E-state index contributed by atoms with van der Waals surface area (Å²) in [6.45, 7) is 4.23. The van der Waals surface area contributed by atoms with Crippen LogP contribution in [0, 0.1) is 0 Å². The maximum atomic E-state index is 11.6. The SMILES string of the molecule is CCCNC(=O)CCCC(=O)N(C)CCNC. The van der Waals surface area contributed by atoms with E-state index in [4.69, 9.17) is 0 Å². The normalized spacial score (nSPS) is 10.1. The van der Waals surface area contributed by atoms with Crippen molar-refractivity contribution < 1.29 is 9.59 Å². The van der Waals surface area contributed by atoms with Gasteiger partial charge >= 0.3 is 0 Å². The van der Waals surface area contributed by atoms with Crippen molar-refractivity contribution in [2.75, 3.05) is 33.7 Å². The second kappa shape index (κ2) is 10.1. The highest BCUT2D eigenvalue weighted by molar-refractivity contribution is 5.78. The van der Waals surface area contributed by atoms with Crippen LogP contribution >= 0.6 is 0 Å². The molecule has 100 valence electrons. The number of hydrogen-bond acceptors (Lipinski definition) is 3. The molecule has 0 spiro atoms. The topological polar surface area (TPSA) is 61.4 Å². The Morgan fingerprint density at radius 1 is 1.18 bits per heavy atom. The van der Waals surface area contributed by atoms with E-state index in [1.54, 1.807) is 11.9 Å². The molecule has 2 amide bonds. The smallest absolute Gasteiger partial charge is 0.222 e. The number of nitrogens with zero attached hydrogens (tertiary/aromatic N) is 1. The first-order chi connectivity index (χ1) is 8.11. The highest BCUT2D eigenvalue weighted by Crippen LogP contribution is 1.99. The predicted molar refractivity (Wildman–Crippen MR) is 68.7 cm³/mol. The van der Waals surface area contributed by atoms with Gasteiger partial charge in [-0.3, -0.25) is 9.59 Å². The summed E-state index contributed by atoms with van der Waals surface area (Å²) in [4.78, 5) is 24.6. The van der Waals surface area contributed by atoms with E-state index in [0.29, 0.717) is 25.8 Å². The summed E-state index contributed by atoms with van der Waals surface area (Å²) in [5, 5.41) is 5.79. The fourth-order valence-corrected chi connectivity index (χ4v) is 1.35. The number of carbonyl (C=O) groups is 2. The number of nitrogens with one attached hydrogen (secondary N) is 2. The molecular formula is C12H25N3O2. The van der Waals surface area contributed by atoms with Crippen LogP contribution in [0.25, 0.3) is 0 Å². The van der Waals surface area contributed by atoms with Crippen LogP contribution in [0.5, 0.6) is 0 Å². The lowest BCUT2D eigenvalue weighted by atomic mass is 10.2. The van der Waals surface area contributed by atoms with E-state index >= 15 is 0 Å². The lowest BCUT2D eigenvalue weighted by Crippen LogP contribution is -2.32. The van der Waals surface area contributed by atoms with Crippen LogP contribution in [0.2, 0.25) is 0 Å². The van der Waals surface area contributed by atoms with Crippen LogP contribution in [-0.4, -0.2) is 50.4 Å². The summed E-state index contributed by atoms with van der Waals surface area (Å²) in [7, 11) is 3.65. The summed E-state index contributed by atoms with van der Waals surface area (Å²) < 4.78 is 0. The Morgan fingerprint density at radius 3 is 2.47 bits per heavy atom. The van der Waals surface area contributed by atoms with Crippen LogP contribution in [0.4, 0.5) is 0 Å². The first kappa shape index (κ1) is 15.9. The monoisotopic (exact) mass is 243 g/mol. The van der Waals surface area contributed by atoms with Gasteiger partial charge in [-0.15, -0.1) is 0 Å². The fraction of sp³-hybridized carbons (Fsp3) is 0.833. The molecule has 5 heteroatoms. The first-order valence-electron chi connectivity index (χ1n) is 6.27. The Hall–Kier alpha value is -1.10. The lowest BCUT2D eigenvalue weighted by molar-refractivity contribution is -0.130. The van der Waals surface area contributed by atoms with Crippen LogP contribution < -0.4 is 10.6 Å². The molecule has 0 aliphatic rings. The number of likely N-dealkylation sites (N-methyl/N-ethyl adjacent to an activating group) is 2. The average molecular weight is 243 g/mol. The minimum absolute atomic E-state index is 0.0394. The van der Waals surface area contributed by atoms with Gasteiger partial charge < -0.3 is 15.5 Å². The van der Waals surface area contributed by atoms with Crippen molar-refractivity contribution in [1.82, 2.24) is 15.5 Å². The van der Waals surface area contributed by atoms with Crippen molar-refractivity contribution in [2.45, 2.75) is 32.6 Å². The third-order valence-electron chi connectivity index (χ3n) is 2.49. The molecule has 0 saturated carbocycles. The molecule has 0 rings (SSSR count). The molecule has 17 heavy (non-hydrogen) atoms. The molecule has 0 aromatic carbocycles. The molecular weight excluding hydrogens is 218 g/mol. The van der Waals surface area contributed by atoms with Gasteiger partial charge in [-0.05, 0) is 19.9 Å².